The number of nitrogens with two attached hydrogens (primary N) is 1. The predicted octanol–water partition coefficient (Wildman–Crippen LogP) is 0.904. The molecule has 0 saturated carbocycles. The second kappa shape index (κ2) is 4.40. The standard InChI is InChI=1S/C12H10N8O/c13-12-17-10(18-19-12)11-16-9(20-21-11)5-8-14-6-3-1-2-4-7(6)15-8/h1-4H,5H2,(H,14,15)(H3,13,17,18,19). The van der Waals surface area contributed by atoms with Crippen LogP contribution >= 0.6 is 0 Å². The monoisotopic (exact) mass is 282 g/mol. The first-order chi connectivity index (χ1) is 10.3. The first-order valence-corrected chi connectivity index (χ1v) is 6.22. The lowest BCUT2D eigenvalue weighted by molar-refractivity contribution is 0.421. The summed E-state index contributed by atoms with van der Waals surface area (Å²) in [5, 5.41) is 10.2. The number of hydrogen-bond donors (Lipinski definition) is 3. The lowest BCUT2D eigenvalue weighted by atomic mass is 10.3. The van der Waals surface area contributed by atoms with Gasteiger partial charge in [0, 0.05) is 0 Å². The van der Waals surface area contributed by atoms with Crippen LogP contribution in [-0.2, 0) is 6.42 Å². The lowest BCUT2D eigenvalue weighted by Crippen LogP contribution is -1.93. The Hall–Kier alpha value is -3.23. The third-order valence-corrected chi connectivity index (χ3v) is 2.94. The summed E-state index contributed by atoms with van der Waals surface area (Å²) in [5.41, 5.74) is 7.30. The molecule has 0 aliphatic carbocycles. The summed E-state index contributed by atoms with van der Waals surface area (Å²) < 4.78 is 5.12. The molecule has 0 aliphatic rings. The average Bonchev–Trinajstić information content (AvgIpc) is 3.17. The van der Waals surface area contributed by atoms with Gasteiger partial charge in [-0.25, -0.2) is 4.98 Å². The van der Waals surface area contributed by atoms with Crippen LogP contribution in [0.2, 0.25) is 0 Å². The van der Waals surface area contributed by atoms with Crippen LogP contribution in [-0.4, -0.2) is 35.3 Å². The quantitative estimate of drug-likeness (QED) is 0.508. The summed E-state index contributed by atoms with van der Waals surface area (Å²) in [6, 6.07) is 7.79. The largest absolute Gasteiger partial charge is 0.366 e. The van der Waals surface area contributed by atoms with Crippen molar-refractivity contribution in [3.63, 3.8) is 0 Å². The van der Waals surface area contributed by atoms with E-state index in [0.29, 0.717) is 18.1 Å². The highest BCUT2D eigenvalue weighted by Gasteiger charge is 2.14. The lowest BCUT2D eigenvalue weighted by Gasteiger charge is -1.87. The summed E-state index contributed by atoms with van der Waals surface area (Å²) in [4.78, 5) is 15.8. The van der Waals surface area contributed by atoms with E-state index in [4.69, 9.17) is 10.3 Å². The van der Waals surface area contributed by atoms with E-state index in [-0.39, 0.29) is 11.8 Å². The molecule has 0 amide bonds. The molecule has 9 heteroatoms. The second-order valence-electron chi connectivity index (χ2n) is 4.44. The Bertz CT molecular complexity index is 872. The van der Waals surface area contributed by atoms with Crippen molar-refractivity contribution in [3.05, 3.63) is 35.9 Å². The molecule has 1 aromatic carbocycles. The van der Waals surface area contributed by atoms with Crippen LogP contribution in [0.5, 0.6) is 0 Å². The Morgan fingerprint density at radius 2 is 2.05 bits per heavy atom. The molecular formula is C12H10N8O. The molecule has 0 aliphatic heterocycles. The molecular weight excluding hydrogens is 272 g/mol. The first-order valence-electron chi connectivity index (χ1n) is 6.22. The van der Waals surface area contributed by atoms with Gasteiger partial charge in [0.2, 0.25) is 11.8 Å². The van der Waals surface area contributed by atoms with E-state index in [1.165, 1.54) is 0 Å². The van der Waals surface area contributed by atoms with Crippen LogP contribution in [0.25, 0.3) is 22.7 Å². The van der Waals surface area contributed by atoms with E-state index in [1.807, 2.05) is 24.3 Å². The fourth-order valence-corrected chi connectivity index (χ4v) is 2.03. The summed E-state index contributed by atoms with van der Waals surface area (Å²) in [7, 11) is 0. The molecule has 0 atom stereocenters. The number of fused-ring (bicyclic) bond motifs is 1. The maximum Gasteiger partial charge on any atom is 0.295 e. The van der Waals surface area contributed by atoms with Gasteiger partial charge in [-0.1, -0.05) is 17.3 Å². The van der Waals surface area contributed by atoms with Gasteiger partial charge in [0.25, 0.3) is 5.89 Å². The van der Waals surface area contributed by atoms with Gasteiger partial charge >= 0.3 is 0 Å². The molecule has 104 valence electrons. The van der Waals surface area contributed by atoms with Crippen molar-refractivity contribution in [2.24, 2.45) is 0 Å². The summed E-state index contributed by atoms with van der Waals surface area (Å²) in [6.07, 6.45) is 0.432. The van der Waals surface area contributed by atoms with Crippen LogP contribution in [0.3, 0.4) is 0 Å². The Kier molecular flexibility index (Phi) is 2.43. The van der Waals surface area contributed by atoms with Gasteiger partial charge in [-0.3, -0.25) is 5.10 Å². The number of imidazole rings is 1. The molecule has 4 rings (SSSR count). The number of rotatable bonds is 3. The molecule has 3 aromatic heterocycles. The second-order valence-corrected chi connectivity index (χ2v) is 4.44. The van der Waals surface area contributed by atoms with Gasteiger partial charge in [-0.05, 0) is 12.1 Å². The molecule has 21 heavy (non-hydrogen) atoms. The number of nitrogen functional groups attached to an aromatic ring is 1. The van der Waals surface area contributed by atoms with Crippen molar-refractivity contribution in [2.45, 2.75) is 6.42 Å². The number of aromatic nitrogens is 7. The Balaban J connectivity index is 1.61. The summed E-state index contributed by atoms with van der Waals surface area (Å²) >= 11 is 0. The third-order valence-electron chi connectivity index (χ3n) is 2.94. The highest BCUT2D eigenvalue weighted by Crippen LogP contribution is 2.15. The van der Waals surface area contributed by atoms with Crippen LogP contribution < -0.4 is 5.73 Å². The van der Waals surface area contributed by atoms with Crippen LogP contribution in [0.4, 0.5) is 5.95 Å². The number of benzene rings is 1. The zero-order valence-electron chi connectivity index (χ0n) is 10.7. The molecule has 0 bridgehead atoms. The maximum atomic E-state index is 5.43. The Morgan fingerprint density at radius 1 is 1.14 bits per heavy atom. The highest BCUT2D eigenvalue weighted by atomic mass is 16.5. The van der Waals surface area contributed by atoms with Crippen LogP contribution in [0.15, 0.2) is 28.8 Å². The minimum Gasteiger partial charge on any atom is -0.366 e. The summed E-state index contributed by atoms with van der Waals surface area (Å²) in [5.74, 6) is 1.97. The van der Waals surface area contributed by atoms with Gasteiger partial charge in [0.1, 0.15) is 5.82 Å². The number of nitrogens with zero attached hydrogens (tertiary/aromatic N) is 5. The van der Waals surface area contributed by atoms with E-state index < -0.39 is 0 Å². The van der Waals surface area contributed by atoms with Crippen molar-refractivity contribution < 1.29 is 4.52 Å². The van der Waals surface area contributed by atoms with Crippen LogP contribution in [0.1, 0.15) is 11.6 Å². The topological polar surface area (TPSA) is 135 Å². The van der Waals surface area contributed by atoms with Gasteiger partial charge in [-0.15, -0.1) is 5.10 Å². The van der Waals surface area contributed by atoms with E-state index in [0.717, 1.165) is 16.9 Å². The van der Waals surface area contributed by atoms with E-state index in [9.17, 15) is 0 Å². The normalized spacial score (nSPS) is 11.2. The number of anilines is 1. The zero-order valence-corrected chi connectivity index (χ0v) is 10.7. The van der Waals surface area contributed by atoms with E-state index in [2.05, 4.69) is 35.3 Å². The minimum atomic E-state index is 0.127. The highest BCUT2D eigenvalue weighted by molar-refractivity contribution is 5.74. The average molecular weight is 282 g/mol. The van der Waals surface area contributed by atoms with Gasteiger partial charge < -0.3 is 15.2 Å². The molecule has 3 heterocycles. The van der Waals surface area contributed by atoms with E-state index >= 15 is 0 Å². The number of nitrogens with one attached hydrogen (secondary N) is 2. The molecule has 9 nitrogen and oxygen atoms in total. The molecule has 0 spiro atoms. The molecule has 4 aromatic rings. The fraction of sp³-hybridized carbons (Fsp3) is 0.0833. The number of hydrogen-bond acceptors (Lipinski definition) is 7. The van der Waals surface area contributed by atoms with Crippen LogP contribution in [0, 0.1) is 0 Å². The van der Waals surface area contributed by atoms with Crippen molar-refractivity contribution in [1.82, 2.24) is 35.3 Å². The van der Waals surface area contributed by atoms with Crippen molar-refractivity contribution in [1.29, 1.82) is 0 Å². The van der Waals surface area contributed by atoms with Gasteiger partial charge in [-0.2, -0.15) is 9.97 Å². The van der Waals surface area contributed by atoms with Crippen molar-refractivity contribution in [3.8, 4) is 11.7 Å². The molecule has 0 fully saturated rings. The first kappa shape index (κ1) is 11.6. The van der Waals surface area contributed by atoms with Gasteiger partial charge in [0.05, 0.1) is 17.5 Å². The maximum absolute atomic E-state index is 5.43. The predicted molar refractivity (Wildman–Crippen MR) is 73.0 cm³/mol. The molecule has 0 radical (unpaired) electrons. The van der Waals surface area contributed by atoms with Gasteiger partial charge in [0.15, 0.2) is 5.82 Å². The zero-order chi connectivity index (χ0) is 14.2. The Labute approximate surface area is 117 Å². The van der Waals surface area contributed by atoms with E-state index in [1.54, 1.807) is 0 Å². The molecule has 0 saturated heterocycles. The van der Waals surface area contributed by atoms with Crippen molar-refractivity contribution in [2.75, 3.05) is 5.73 Å². The SMILES string of the molecule is Nc1n[nH]c(-c2nc(Cc3nc4ccccc4[nH]3)no2)n1. The fourth-order valence-electron chi connectivity index (χ4n) is 2.03. The number of para-hydroxylation sites is 2. The molecule has 0 unspecified atom stereocenters. The molecule has 4 N–H and O–H groups in total. The number of aromatic amines is 2. The number of H-pyrrole nitrogens is 2. The summed E-state index contributed by atoms with van der Waals surface area (Å²) in [6.45, 7) is 0. The smallest absolute Gasteiger partial charge is 0.295 e. The minimum absolute atomic E-state index is 0.127. The Morgan fingerprint density at radius 3 is 2.86 bits per heavy atom. The third kappa shape index (κ3) is 2.10. The van der Waals surface area contributed by atoms with Crippen molar-refractivity contribution >= 4 is 17.0 Å².